The van der Waals surface area contributed by atoms with E-state index in [-0.39, 0.29) is 11.8 Å². The van der Waals surface area contributed by atoms with Gasteiger partial charge in [-0.25, -0.2) is 0 Å². The third kappa shape index (κ3) is 5.78. The zero-order valence-corrected chi connectivity index (χ0v) is 10.5. The molecule has 90 valence electrons. The predicted molar refractivity (Wildman–Crippen MR) is 62.6 cm³/mol. The van der Waals surface area contributed by atoms with Crippen molar-refractivity contribution in [3.63, 3.8) is 0 Å². The highest BCUT2D eigenvalue weighted by molar-refractivity contribution is 5.78. The number of hydrogen-bond donors (Lipinski definition) is 2. The monoisotopic (exact) mass is 215 g/mol. The molecule has 3 heteroatoms. The summed E-state index contributed by atoms with van der Waals surface area (Å²) in [5.74, 6) is 0.152. The van der Waals surface area contributed by atoms with Crippen molar-refractivity contribution in [3.05, 3.63) is 0 Å². The lowest BCUT2D eigenvalue weighted by molar-refractivity contribution is -0.126. The summed E-state index contributed by atoms with van der Waals surface area (Å²) in [5, 5.41) is 12.7. The molecule has 0 saturated heterocycles. The van der Waals surface area contributed by atoms with Gasteiger partial charge in [-0.05, 0) is 26.2 Å². The Morgan fingerprint density at radius 2 is 1.87 bits per heavy atom. The number of carbonyl (C=O) groups excluding carboxylic acids is 1. The van der Waals surface area contributed by atoms with Crippen LogP contribution >= 0.6 is 0 Å². The summed E-state index contributed by atoms with van der Waals surface area (Å²) in [7, 11) is 0. The summed E-state index contributed by atoms with van der Waals surface area (Å²) in [4.78, 5) is 11.6. The summed E-state index contributed by atoms with van der Waals surface area (Å²) in [6.07, 6.45) is 3.36. The summed E-state index contributed by atoms with van der Waals surface area (Å²) >= 11 is 0. The standard InChI is InChI=1S/C12H25NO2/c1-5-8-12(4,15)9-13-11(14)10(6-2)7-3/h10,15H,5-9H2,1-4H3,(H,13,14). The maximum Gasteiger partial charge on any atom is 0.223 e. The van der Waals surface area contributed by atoms with Crippen molar-refractivity contribution < 1.29 is 9.90 Å². The highest BCUT2D eigenvalue weighted by atomic mass is 16.3. The van der Waals surface area contributed by atoms with Crippen LogP contribution in [0.3, 0.4) is 0 Å². The highest BCUT2D eigenvalue weighted by Crippen LogP contribution is 2.12. The Morgan fingerprint density at radius 1 is 1.33 bits per heavy atom. The van der Waals surface area contributed by atoms with E-state index >= 15 is 0 Å². The second-order valence-corrected chi connectivity index (χ2v) is 4.48. The Kier molecular flexibility index (Phi) is 6.57. The summed E-state index contributed by atoms with van der Waals surface area (Å²) < 4.78 is 0. The van der Waals surface area contributed by atoms with Gasteiger partial charge in [-0.15, -0.1) is 0 Å². The molecule has 15 heavy (non-hydrogen) atoms. The number of aliphatic hydroxyl groups is 1. The zero-order valence-electron chi connectivity index (χ0n) is 10.5. The number of amides is 1. The van der Waals surface area contributed by atoms with Crippen LogP contribution in [0.4, 0.5) is 0 Å². The zero-order chi connectivity index (χ0) is 11.9. The average Bonchev–Trinajstić information content (AvgIpc) is 2.17. The molecule has 3 nitrogen and oxygen atoms in total. The smallest absolute Gasteiger partial charge is 0.223 e. The summed E-state index contributed by atoms with van der Waals surface area (Å²) in [5.41, 5.74) is -0.767. The van der Waals surface area contributed by atoms with E-state index in [4.69, 9.17) is 0 Å². The molecule has 0 bridgehead atoms. The van der Waals surface area contributed by atoms with Crippen LogP contribution in [0.2, 0.25) is 0 Å². The van der Waals surface area contributed by atoms with Crippen molar-refractivity contribution in [2.45, 2.75) is 59.0 Å². The number of hydrogen-bond acceptors (Lipinski definition) is 2. The quantitative estimate of drug-likeness (QED) is 0.683. The van der Waals surface area contributed by atoms with Crippen molar-refractivity contribution in [1.82, 2.24) is 5.32 Å². The van der Waals surface area contributed by atoms with Crippen LogP contribution < -0.4 is 5.32 Å². The molecular weight excluding hydrogens is 190 g/mol. The van der Waals surface area contributed by atoms with Gasteiger partial charge >= 0.3 is 0 Å². The first-order valence-corrected chi connectivity index (χ1v) is 5.96. The SMILES string of the molecule is CCCC(C)(O)CNC(=O)C(CC)CC. The molecule has 0 spiro atoms. The Labute approximate surface area is 93.3 Å². The highest BCUT2D eigenvalue weighted by Gasteiger charge is 2.21. The van der Waals surface area contributed by atoms with Gasteiger partial charge < -0.3 is 10.4 Å². The van der Waals surface area contributed by atoms with Gasteiger partial charge in [0, 0.05) is 12.5 Å². The van der Waals surface area contributed by atoms with Crippen LogP contribution in [0, 0.1) is 5.92 Å². The number of nitrogens with one attached hydrogen (secondary N) is 1. The van der Waals surface area contributed by atoms with E-state index in [1.807, 2.05) is 20.8 Å². The van der Waals surface area contributed by atoms with E-state index < -0.39 is 5.60 Å². The summed E-state index contributed by atoms with van der Waals surface area (Å²) in [6.45, 7) is 8.17. The van der Waals surface area contributed by atoms with Crippen molar-refractivity contribution in [1.29, 1.82) is 0 Å². The van der Waals surface area contributed by atoms with E-state index in [0.29, 0.717) is 6.54 Å². The molecule has 0 aromatic rings. The van der Waals surface area contributed by atoms with Gasteiger partial charge in [0.1, 0.15) is 0 Å². The van der Waals surface area contributed by atoms with Crippen LogP contribution in [-0.2, 0) is 4.79 Å². The van der Waals surface area contributed by atoms with Crippen LogP contribution in [0.1, 0.15) is 53.4 Å². The molecule has 2 N–H and O–H groups in total. The third-order valence-corrected chi connectivity index (χ3v) is 2.79. The minimum atomic E-state index is -0.767. The molecule has 0 rings (SSSR count). The van der Waals surface area contributed by atoms with Crippen LogP contribution in [0.25, 0.3) is 0 Å². The average molecular weight is 215 g/mol. The van der Waals surface area contributed by atoms with Gasteiger partial charge in [-0.1, -0.05) is 27.2 Å². The first-order chi connectivity index (χ1) is 6.96. The van der Waals surface area contributed by atoms with E-state index in [9.17, 15) is 9.90 Å². The Hall–Kier alpha value is -0.570. The van der Waals surface area contributed by atoms with E-state index in [2.05, 4.69) is 5.32 Å². The lowest BCUT2D eigenvalue weighted by Gasteiger charge is -2.24. The third-order valence-electron chi connectivity index (χ3n) is 2.79. The van der Waals surface area contributed by atoms with E-state index in [1.54, 1.807) is 6.92 Å². The van der Waals surface area contributed by atoms with Gasteiger partial charge in [-0.2, -0.15) is 0 Å². The van der Waals surface area contributed by atoms with Crippen molar-refractivity contribution in [2.75, 3.05) is 6.54 Å². The predicted octanol–water partition coefficient (Wildman–Crippen LogP) is 2.09. The van der Waals surface area contributed by atoms with E-state index in [1.165, 1.54) is 0 Å². The molecule has 0 heterocycles. The number of carbonyl (C=O) groups is 1. The molecule has 0 saturated carbocycles. The normalized spacial score (nSPS) is 15.1. The van der Waals surface area contributed by atoms with Gasteiger partial charge in [0.05, 0.1) is 5.60 Å². The lowest BCUT2D eigenvalue weighted by atomic mass is 9.99. The number of rotatable bonds is 7. The Bertz CT molecular complexity index is 186. The fourth-order valence-corrected chi connectivity index (χ4v) is 1.71. The van der Waals surface area contributed by atoms with Crippen LogP contribution in [-0.4, -0.2) is 23.2 Å². The van der Waals surface area contributed by atoms with E-state index in [0.717, 1.165) is 25.7 Å². The second-order valence-electron chi connectivity index (χ2n) is 4.48. The first-order valence-electron chi connectivity index (χ1n) is 5.96. The molecule has 1 amide bonds. The maximum absolute atomic E-state index is 11.6. The topological polar surface area (TPSA) is 49.3 Å². The molecule has 0 aliphatic heterocycles. The van der Waals surface area contributed by atoms with Gasteiger partial charge in [0.2, 0.25) is 5.91 Å². The van der Waals surface area contributed by atoms with Crippen LogP contribution in [0.15, 0.2) is 0 Å². The molecule has 1 unspecified atom stereocenters. The minimum absolute atomic E-state index is 0.0661. The minimum Gasteiger partial charge on any atom is -0.388 e. The maximum atomic E-state index is 11.6. The molecular formula is C12H25NO2. The largest absolute Gasteiger partial charge is 0.388 e. The molecule has 1 atom stereocenters. The van der Waals surface area contributed by atoms with Gasteiger partial charge in [0.25, 0.3) is 0 Å². The van der Waals surface area contributed by atoms with Crippen molar-refractivity contribution in [2.24, 2.45) is 5.92 Å². The molecule has 0 aliphatic carbocycles. The second kappa shape index (κ2) is 6.83. The molecule has 0 fully saturated rings. The summed E-state index contributed by atoms with van der Waals surface area (Å²) in [6, 6.07) is 0. The van der Waals surface area contributed by atoms with Crippen molar-refractivity contribution >= 4 is 5.91 Å². The molecule has 0 aromatic carbocycles. The lowest BCUT2D eigenvalue weighted by Crippen LogP contribution is -2.42. The fourth-order valence-electron chi connectivity index (χ4n) is 1.71. The Balaban J connectivity index is 3.98. The first kappa shape index (κ1) is 14.4. The fraction of sp³-hybridized carbons (Fsp3) is 0.917. The van der Waals surface area contributed by atoms with Gasteiger partial charge in [0.15, 0.2) is 0 Å². The molecule has 0 radical (unpaired) electrons. The van der Waals surface area contributed by atoms with Gasteiger partial charge in [-0.3, -0.25) is 4.79 Å². The van der Waals surface area contributed by atoms with Crippen molar-refractivity contribution in [3.8, 4) is 0 Å². The Morgan fingerprint density at radius 3 is 2.27 bits per heavy atom. The van der Waals surface area contributed by atoms with Crippen LogP contribution in [0.5, 0.6) is 0 Å². The molecule has 0 aliphatic rings. The molecule has 0 aromatic heterocycles.